The van der Waals surface area contributed by atoms with Crippen LogP contribution in [0.1, 0.15) is 38.2 Å². The number of ketones is 1. The first-order chi connectivity index (χ1) is 15.7. The van der Waals surface area contributed by atoms with Crippen molar-refractivity contribution in [2.75, 3.05) is 0 Å². The van der Waals surface area contributed by atoms with Gasteiger partial charge in [-0.15, -0.1) is 0 Å². The summed E-state index contributed by atoms with van der Waals surface area (Å²) in [5.41, 5.74) is 6.88. The second-order valence-corrected chi connectivity index (χ2v) is 10.5. The van der Waals surface area contributed by atoms with E-state index in [-0.39, 0.29) is 15.6 Å². The molecule has 0 radical (unpaired) electrons. The van der Waals surface area contributed by atoms with E-state index in [1.165, 1.54) is 0 Å². The molecule has 0 N–H and O–H groups in total. The quantitative estimate of drug-likeness (QED) is 0.317. The normalized spacial score (nSPS) is 11.4. The van der Waals surface area contributed by atoms with Gasteiger partial charge in [-0.1, -0.05) is 65.7 Å². The van der Waals surface area contributed by atoms with Gasteiger partial charge in [-0.25, -0.2) is 8.42 Å². The summed E-state index contributed by atoms with van der Waals surface area (Å²) in [7, 11) is -3.66. The molecule has 0 unspecified atom stereocenters. The second-order valence-electron chi connectivity index (χ2n) is 8.52. The molecule has 0 aliphatic carbocycles. The highest BCUT2D eigenvalue weighted by Crippen LogP contribution is 2.32. The minimum atomic E-state index is -3.66. The molecule has 0 atom stereocenters. The summed E-state index contributed by atoms with van der Waals surface area (Å²) in [5.74, 6) is -0.0580. The molecule has 4 heteroatoms. The fourth-order valence-corrected chi connectivity index (χ4v) is 5.12. The Bertz CT molecular complexity index is 1450. The zero-order chi connectivity index (χ0) is 23.8. The van der Waals surface area contributed by atoms with Gasteiger partial charge in [-0.05, 0) is 80.3 Å². The Hall–Kier alpha value is -3.50. The van der Waals surface area contributed by atoms with Crippen LogP contribution in [0.2, 0.25) is 0 Å². The van der Waals surface area contributed by atoms with E-state index < -0.39 is 9.84 Å². The van der Waals surface area contributed by atoms with Gasteiger partial charge in [0.25, 0.3) is 0 Å². The van der Waals surface area contributed by atoms with Crippen LogP contribution >= 0.6 is 0 Å². The van der Waals surface area contributed by atoms with Gasteiger partial charge in [-0.3, -0.25) is 4.79 Å². The summed E-state index contributed by atoms with van der Waals surface area (Å²) >= 11 is 0. The molecule has 0 saturated heterocycles. The number of sulfone groups is 1. The molecule has 0 aromatic heterocycles. The predicted octanol–water partition coefficient (Wildman–Crippen LogP) is 6.65. The maximum absolute atomic E-state index is 13.3. The van der Waals surface area contributed by atoms with Crippen molar-refractivity contribution in [2.45, 2.75) is 37.5 Å². The first-order valence-electron chi connectivity index (χ1n) is 10.8. The average Bonchev–Trinajstić information content (AvgIpc) is 2.80. The number of hydrogen-bond donors (Lipinski definition) is 0. The Kier molecular flexibility index (Phi) is 6.05. The summed E-state index contributed by atoms with van der Waals surface area (Å²) in [6, 6.07) is 25.2. The molecule has 0 amide bonds. The Morgan fingerprint density at radius 3 is 1.61 bits per heavy atom. The van der Waals surface area contributed by atoms with Crippen LogP contribution < -0.4 is 0 Å². The topological polar surface area (TPSA) is 51.2 Å². The lowest BCUT2D eigenvalue weighted by molar-refractivity contribution is 0.103. The summed E-state index contributed by atoms with van der Waals surface area (Å²) in [6.07, 6.45) is 0. The molecule has 0 saturated carbocycles. The van der Waals surface area contributed by atoms with Crippen LogP contribution in [0.15, 0.2) is 94.7 Å². The molecule has 0 bridgehead atoms. The number of hydrogen-bond acceptors (Lipinski definition) is 3. The van der Waals surface area contributed by atoms with Gasteiger partial charge in [0.15, 0.2) is 5.78 Å². The van der Waals surface area contributed by atoms with Gasteiger partial charge in [0.2, 0.25) is 9.84 Å². The summed E-state index contributed by atoms with van der Waals surface area (Å²) in [4.78, 5) is 13.6. The van der Waals surface area contributed by atoms with Gasteiger partial charge in [-0.2, -0.15) is 0 Å². The monoisotopic (exact) mass is 454 g/mol. The van der Waals surface area contributed by atoms with Gasteiger partial charge in [0.1, 0.15) is 0 Å². The summed E-state index contributed by atoms with van der Waals surface area (Å²) < 4.78 is 26.5. The minimum absolute atomic E-state index is 0.0580. The zero-order valence-corrected chi connectivity index (χ0v) is 20.0. The molecular formula is C29H26O3S. The van der Waals surface area contributed by atoms with E-state index in [0.29, 0.717) is 11.1 Å². The van der Waals surface area contributed by atoms with E-state index in [1.54, 1.807) is 36.4 Å². The van der Waals surface area contributed by atoms with Crippen LogP contribution in [-0.2, 0) is 9.84 Å². The average molecular weight is 455 g/mol. The number of aryl methyl sites for hydroxylation is 4. The lowest BCUT2D eigenvalue weighted by atomic mass is 9.92. The summed E-state index contributed by atoms with van der Waals surface area (Å²) in [5, 5.41) is 0. The van der Waals surface area contributed by atoms with Crippen molar-refractivity contribution in [3.8, 4) is 11.1 Å². The van der Waals surface area contributed by atoms with E-state index >= 15 is 0 Å². The molecule has 0 aliphatic rings. The molecule has 0 spiro atoms. The van der Waals surface area contributed by atoms with Crippen molar-refractivity contribution in [1.29, 1.82) is 0 Å². The maximum Gasteiger partial charge on any atom is 0.206 e. The minimum Gasteiger partial charge on any atom is -0.289 e. The fraction of sp³-hybridized carbons (Fsp3) is 0.138. The largest absolute Gasteiger partial charge is 0.289 e. The molecule has 4 rings (SSSR count). The highest BCUT2D eigenvalue weighted by atomic mass is 32.2. The van der Waals surface area contributed by atoms with Gasteiger partial charge in [0.05, 0.1) is 9.79 Å². The molecule has 0 heterocycles. The third-order valence-electron chi connectivity index (χ3n) is 5.95. The smallest absolute Gasteiger partial charge is 0.206 e. The molecule has 166 valence electrons. The Morgan fingerprint density at radius 2 is 1.00 bits per heavy atom. The highest BCUT2D eigenvalue weighted by Gasteiger charge is 2.20. The molecule has 4 aromatic carbocycles. The van der Waals surface area contributed by atoms with Crippen molar-refractivity contribution in [2.24, 2.45) is 0 Å². The van der Waals surface area contributed by atoms with Crippen molar-refractivity contribution >= 4 is 15.6 Å². The third-order valence-corrected chi connectivity index (χ3v) is 7.72. The van der Waals surface area contributed by atoms with Crippen molar-refractivity contribution < 1.29 is 13.2 Å². The summed E-state index contributed by atoms with van der Waals surface area (Å²) in [6.45, 7) is 7.83. The van der Waals surface area contributed by atoms with Crippen LogP contribution in [0.3, 0.4) is 0 Å². The molecule has 4 aromatic rings. The van der Waals surface area contributed by atoms with Crippen molar-refractivity contribution in [1.82, 2.24) is 0 Å². The zero-order valence-electron chi connectivity index (χ0n) is 19.2. The number of benzene rings is 4. The Morgan fingerprint density at radius 1 is 0.545 bits per heavy atom. The molecule has 33 heavy (non-hydrogen) atoms. The lowest BCUT2D eigenvalue weighted by Crippen LogP contribution is -2.04. The van der Waals surface area contributed by atoms with Crippen LogP contribution in [-0.4, -0.2) is 14.2 Å². The van der Waals surface area contributed by atoms with Crippen molar-refractivity contribution in [3.63, 3.8) is 0 Å². The third kappa shape index (κ3) is 4.53. The second kappa shape index (κ2) is 8.80. The first-order valence-corrected chi connectivity index (χ1v) is 12.3. The van der Waals surface area contributed by atoms with Gasteiger partial charge >= 0.3 is 0 Å². The van der Waals surface area contributed by atoms with Crippen LogP contribution in [0.4, 0.5) is 0 Å². The SMILES string of the molecule is Cc1ccc(C(=O)c2ccc(C)c(-c3cc(S(=O)(=O)c4ccc(C)cc4)ccc3C)c2)cc1. The van der Waals surface area contributed by atoms with E-state index in [9.17, 15) is 13.2 Å². The molecule has 0 aliphatic heterocycles. The van der Waals surface area contributed by atoms with Crippen LogP contribution in [0.25, 0.3) is 11.1 Å². The van der Waals surface area contributed by atoms with E-state index in [4.69, 9.17) is 0 Å². The maximum atomic E-state index is 13.3. The molecule has 3 nitrogen and oxygen atoms in total. The van der Waals surface area contributed by atoms with E-state index in [0.717, 1.165) is 33.4 Å². The van der Waals surface area contributed by atoms with E-state index in [2.05, 4.69) is 0 Å². The van der Waals surface area contributed by atoms with Gasteiger partial charge < -0.3 is 0 Å². The Balaban J connectivity index is 1.79. The lowest BCUT2D eigenvalue weighted by Gasteiger charge is -2.14. The number of carbonyl (C=O) groups is 1. The molecular weight excluding hydrogens is 428 g/mol. The molecule has 0 fully saturated rings. The van der Waals surface area contributed by atoms with E-state index in [1.807, 2.05) is 76.2 Å². The van der Waals surface area contributed by atoms with Crippen LogP contribution in [0.5, 0.6) is 0 Å². The highest BCUT2D eigenvalue weighted by molar-refractivity contribution is 7.91. The number of carbonyl (C=O) groups excluding carboxylic acids is 1. The standard InChI is InChI=1S/C29H26O3S/c1-19-5-11-23(12-6-19)29(30)24-13-9-21(3)27(17-24)28-18-26(16-10-22(28)4)33(31,32)25-14-7-20(2)8-15-25/h5-18H,1-4H3. The first kappa shape index (κ1) is 22.7. The fourth-order valence-electron chi connectivity index (χ4n) is 3.84. The van der Waals surface area contributed by atoms with Gasteiger partial charge in [0, 0.05) is 11.1 Å². The van der Waals surface area contributed by atoms with Crippen LogP contribution in [0, 0.1) is 27.7 Å². The number of rotatable bonds is 5. The van der Waals surface area contributed by atoms with Crippen molar-refractivity contribution in [3.05, 3.63) is 118 Å². The Labute approximate surface area is 195 Å². The predicted molar refractivity (Wildman–Crippen MR) is 133 cm³/mol.